The Kier molecular flexibility index (Phi) is 5.34. The summed E-state index contributed by atoms with van der Waals surface area (Å²) < 4.78 is 1.03. The van der Waals surface area contributed by atoms with Crippen LogP contribution in [0.15, 0.2) is 24.0 Å². The van der Waals surface area contributed by atoms with Crippen LogP contribution >= 0.6 is 0 Å². The Morgan fingerprint density at radius 1 is 1.31 bits per heavy atom. The summed E-state index contributed by atoms with van der Waals surface area (Å²) in [6, 6.07) is 0. The summed E-state index contributed by atoms with van der Waals surface area (Å²) in [5.74, 6) is 0. The topological polar surface area (TPSA) is 0 Å². The fraction of sp³-hybridized carbons (Fsp3) is 0.636. The molecule has 0 radical (unpaired) electrons. The summed E-state index contributed by atoms with van der Waals surface area (Å²) in [7, 11) is 2.28. The first-order valence-electron chi connectivity index (χ1n) is 4.97. The van der Waals surface area contributed by atoms with E-state index in [0.29, 0.717) is 0 Å². The minimum Gasteiger partial charge on any atom is -1.00 e. The van der Waals surface area contributed by atoms with Crippen LogP contribution < -0.4 is 12.4 Å². The van der Waals surface area contributed by atoms with Crippen LogP contribution in [0.5, 0.6) is 0 Å². The van der Waals surface area contributed by atoms with Crippen molar-refractivity contribution in [2.24, 2.45) is 0 Å². The molecule has 0 fully saturated rings. The second-order valence-electron chi connectivity index (χ2n) is 3.69. The zero-order valence-corrected chi connectivity index (χ0v) is 9.64. The Labute approximate surface area is 88.1 Å². The van der Waals surface area contributed by atoms with E-state index in [1.54, 1.807) is 5.70 Å². The summed E-state index contributed by atoms with van der Waals surface area (Å²) in [6.07, 6.45) is 10.6. The van der Waals surface area contributed by atoms with Gasteiger partial charge in [-0.1, -0.05) is 13.3 Å². The monoisotopic (exact) mass is 201 g/mol. The van der Waals surface area contributed by atoms with E-state index in [-0.39, 0.29) is 12.4 Å². The lowest BCUT2D eigenvalue weighted by Gasteiger charge is -2.28. The van der Waals surface area contributed by atoms with Crippen molar-refractivity contribution in [3.8, 4) is 0 Å². The molecule has 0 aromatic rings. The summed E-state index contributed by atoms with van der Waals surface area (Å²) in [5, 5.41) is 0. The standard InChI is InChI=1S/C11H20N.ClH/c1-4-6-8-11-9-7-10-12(11,3)5-2;/h7,9-10H,4-6,8H2,1-3H3;1H/q+1;/p-1. The lowest BCUT2D eigenvalue weighted by Crippen LogP contribution is -3.00. The van der Waals surface area contributed by atoms with Crippen molar-refractivity contribution < 1.29 is 16.9 Å². The van der Waals surface area contributed by atoms with Crippen molar-refractivity contribution in [2.75, 3.05) is 13.6 Å². The van der Waals surface area contributed by atoms with Gasteiger partial charge < -0.3 is 12.4 Å². The van der Waals surface area contributed by atoms with Crippen molar-refractivity contribution in [3.63, 3.8) is 0 Å². The fourth-order valence-electron chi connectivity index (χ4n) is 1.62. The highest BCUT2D eigenvalue weighted by Crippen LogP contribution is 2.25. The first-order chi connectivity index (χ1) is 5.73. The molecule has 1 atom stereocenters. The predicted octanol–water partition coefficient (Wildman–Crippen LogP) is 0.0583. The average molecular weight is 202 g/mol. The molecule has 0 bridgehead atoms. The quantitative estimate of drug-likeness (QED) is 0.565. The van der Waals surface area contributed by atoms with Gasteiger partial charge in [0.15, 0.2) is 0 Å². The van der Waals surface area contributed by atoms with Crippen LogP contribution in [0.25, 0.3) is 0 Å². The first kappa shape index (κ1) is 12.7. The molecule has 0 N–H and O–H groups in total. The summed E-state index contributed by atoms with van der Waals surface area (Å²) in [5.41, 5.74) is 1.57. The maximum absolute atomic E-state index is 2.28. The Hall–Kier alpha value is -0.270. The molecule has 76 valence electrons. The van der Waals surface area contributed by atoms with Crippen molar-refractivity contribution >= 4 is 0 Å². The molecule has 0 aromatic carbocycles. The number of quaternary nitrogens is 1. The Bertz CT molecular complexity index is 208. The van der Waals surface area contributed by atoms with E-state index in [2.05, 4.69) is 39.2 Å². The van der Waals surface area contributed by atoms with Crippen molar-refractivity contribution in [1.82, 2.24) is 0 Å². The van der Waals surface area contributed by atoms with Gasteiger partial charge in [-0.25, -0.2) is 0 Å². The zero-order valence-electron chi connectivity index (χ0n) is 8.89. The number of hydrogen-bond donors (Lipinski definition) is 0. The maximum Gasteiger partial charge on any atom is 0.113 e. The second-order valence-corrected chi connectivity index (χ2v) is 3.69. The van der Waals surface area contributed by atoms with E-state index in [0.717, 1.165) is 4.48 Å². The van der Waals surface area contributed by atoms with Crippen LogP contribution in [0.2, 0.25) is 0 Å². The number of allylic oxidation sites excluding steroid dienone is 3. The molecule has 1 aliphatic rings. The van der Waals surface area contributed by atoms with E-state index in [1.165, 1.54) is 25.8 Å². The number of halogens is 1. The third-order valence-corrected chi connectivity index (χ3v) is 2.80. The fourth-order valence-corrected chi connectivity index (χ4v) is 1.62. The lowest BCUT2D eigenvalue weighted by atomic mass is 10.2. The van der Waals surface area contributed by atoms with Gasteiger partial charge in [0, 0.05) is 12.5 Å². The molecule has 0 spiro atoms. The van der Waals surface area contributed by atoms with Crippen LogP contribution in [-0.2, 0) is 0 Å². The molecule has 0 amide bonds. The highest BCUT2D eigenvalue weighted by Gasteiger charge is 2.24. The molecule has 1 heterocycles. The SMILES string of the molecule is CCCCC1=CC=C[N+]1(C)CC.[Cl-]. The predicted molar refractivity (Wildman–Crippen MR) is 53.5 cm³/mol. The third kappa shape index (κ3) is 2.85. The summed E-state index contributed by atoms with van der Waals surface area (Å²) in [4.78, 5) is 0. The van der Waals surface area contributed by atoms with Gasteiger partial charge in [0.1, 0.15) is 11.9 Å². The van der Waals surface area contributed by atoms with Gasteiger partial charge in [-0.2, -0.15) is 0 Å². The van der Waals surface area contributed by atoms with Gasteiger partial charge in [-0.05, 0) is 19.4 Å². The molecule has 2 heteroatoms. The van der Waals surface area contributed by atoms with Gasteiger partial charge in [0.25, 0.3) is 0 Å². The first-order valence-corrected chi connectivity index (χ1v) is 4.97. The number of nitrogens with zero attached hydrogens (tertiary/aromatic N) is 1. The summed E-state index contributed by atoms with van der Waals surface area (Å²) in [6.45, 7) is 5.67. The van der Waals surface area contributed by atoms with E-state index in [4.69, 9.17) is 0 Å². The molecule has 0 aliphatic carbocycles. The van der Waals surface area contributed by atoms with Crippen LogP contribution in [0.4, 0.5) is 0 Å². The molecule has 1 aliphatic heterocycles. The molecule has 0 aromatic heterocycles. The van der Waals surface area contributed by atoms with Crippen LogP contribution in [0, 0.1) is 0 Å². The van der Waals surface area contributed by atoms with E-state index >= 15 is 0 Å². The molecule has 1 nitrogen and oxygen atoms in total. The minimum absolute atomic E-state index is 0. The Balaban J connectivity index is 0.00000144. The van der Waals surface area contributed by atoms with Crippen LogP contribution in [0.3, 0.4) is 0 Å². The van der Waals surface area contributed by atoms with Gasteiger partial charge in [0.05, 0.1) is 13.6 Å². The summed E-state index contributed by atoms with van der Waals surface area (Å²) >= 11 is 0. The molecule has 13 heavy (non-hydrogen) atoms. The Morgan fingerprint density at radius 3 is 2.54 bits per heavy atom. The van der Waals surface area contributed by atoms with Gasteiger partial charge in [-0.3, -0.25) is 4.48 Å². The van der Waals surface area contributed by atoms with E-state index in [1.807, 2.05) is 0 Å². The molecular formula is C11H20ClN. The largest absolute Gasteiger partial charge is 1.00 e. The van der Waals surface area contributed by atoms with Crippen LogP contribution in [0.1, 0.15) is 33.1 Å². The molecule has 0 saturated carbocycles. The zero-order chi connectivity index (χ0) is 9.03. The van der Waals surface area contributed by atoms with Crippen LogP contribution in [-0.4, -0.2) is 18.1 Å². The third-order valence-electron chi connectivity index (χ3n) is 2.80. The number of rotatable bonds is 4. The smallest absolute Gasteiger partial charge is 0.113 e. The highest BCUT2D eigenvalue weighted by atomic mass is 35.5. The second kappa shape index (κ2) is 5.46. The van der Waals surface area contributed by atoms with Gasteiger partial charge >= 0.3 is 0 Å². The maximum atomic E-state index is 2.28. The molecular weight excluding hydrogens is 182 g/mol. The molecule has 0 saturated heterocycles. The number of unbranched alkanes of at least 4 members (excludes halogenated alkanes) is 1. The van der Waals surface area contributed by atoms with Crippen molar-refractivity contribution in [1.29, 1.82) is 0 Å². The highest BCUT2D eigenvalue weighted by molar-refractivity contribution is 5.13. The average Bonchev–Trinajstić information content (AvgIpc) is 2.45. The Morgan fingerprint density at radius 2 is 2.00 bits per heavy atom. The number of hydrogen-bond acceptors (Lipinski definition) is 0. The van der Waals surface area contributed by atoms with Crippen molar-refractivity contribution in [2.45, 2.75) is 33.1 Å². The molecule has 1 rings (SSSR count). The van der Waals surface area contributed by atoms with E-state index < -0.39 is 0 Å². The van der Waals surface area contributed by atoms with Crippen molar-refractivity contribution in [3.05, 3.63) is 24.0 Å². The minimum atomic E-state index is 0. The normalized spacial score (nSPS) is 25.6. The van der Waals surface area contributed by atoms with Gasteiger partial charge in [-0.15, -0.1) is 0 Å². The van der Waals surface area contributed by atoms with E-state index in [9.17, 15) is 0 Å². The lowest BCUT2D eigenvalue weighted by molar-refractivity contribution is -0.817. The van der Waals surface area contributed by atoms with Gasteiger partial charge in [0.2, 0.25) is 0 Å². The molecule has 1 unspecified atom stereocenters.